The number of amides is 1. The van der Waals surface area contributed by atoms with Crippen molar-refractivity contribution in [2.24, 2.45) is 5.92 Å². The van der Waals surface area contributed by atoms with Crippen LogP contribution in [0, 0.1) is 5.92 Å². The minimum Gasteiger partial charge on any atom is -0.450 e. The van der Waals surface area contributed by atoms with E-state index in [0.29, 0.717) is 11.3 Å². The molecule has 0 aliphatic heterocycles. The quantitative estimate of drug-likeness (QED) is 0.564. The zero-order valence-electron chi connectivity index (χ0n) is 18.2. The summed E-state index contributed by atoms with van der Waals surface area (Å²) in [4.78, 5) is 36.9. The molecule has 6 nitrogen and oxygen atoms in total. The summed E-state index contributed by atoms with van der Waals surface area (Å²) in [6.07, 6.45) is 0. The molecule has 0 saturated heterocycles. The molecule has 6 heteroatoms. The highest BCUT2D eigenvalue weighted by atomic mass is 16.5. The van der Waals surface area contributed by atoms with Crippen LogP contribution in [0.25, 0.3) is 11.0 Å². The van der Waals surface area contributed by atoms with Gasteiger partial charge in [-0.2, -0.15) is 0 Å². The van der Waals surface area contributed by atoms with E-state index in [2.05, 4.69) is 31.3 Å². The topological polar surface area (TPSA) is 85.6 Å². The fraction of sp³-hybridized carbons (Fsp3) is 0.320. The lowest BCUT2D eigenvalue weighted by Gasteiger charge is -2.23. The number of hydrogen-bond acceptors (Lipinski definition) is 5. The van der Waals surface area contributed by atoms with Crippen molar-refractivity contribution in [3.63, 3.8) is 0 Å². The second-order valence-corrected chi connectivity index (χ2v) is 8.16. The predicted molar refractivity (Wildman–Crippen MR) is 119 cm³/mol. The van der Waals surface area contributed by atoms with Gasteiger partial charge in [-0.1, -0.05) is 64.1 Å². The average Bonchev–Trinajstić information content (AvgIpc) is 2.75. The Balaban J connectivity index is 1.65. The van der Waals surface area contributed by atoms with Crippen molar-refractivity contribution in [3.8, 4) is 0 Å². The van der Waals surface area contributed by atoms with E-state index in [1.54, 1.807) is 24.3 Å². The number of benzene rings is 2. The molecule has 3 aromatic rings. The summed E-state index contributed by atoms with van der Waals surface area (Å²) in [5, 5.41) is 3.30. The summed E-state index contributed by atoms with van der Waals surface area (Å²) in [5.74, 6) is -0.955. The van der Waals surface area contributed by atoms with Crippen LogP contribution in [-0.2, 0) is 9.53 Å². The third kappa shape index (κ3) is 5.40. The molecule has 0 radical (unpaired) electrons. The fourth-order valence-electron chi connectivity index (χ4n) is 3.35. The highest BCUT2D eigenvalue weighted by Crippen LogP contribution is 2.24. The van der Waals surface area contributed by atoms with Gasteiger partial charge in [0, 0.05) is 6.07 Å². The predicted octanol–water partition coefficient (Wildman–Crippen LogP) is 4.59. The van der Waals surface area contributed by atoms with E-state index in [1.165, 1.54) is 5.56 Å². The maximum atomic E-state index is 12.4. The van der Waals surface area contributed by atoms with Gasteiger partial charge >= 0.3 is 5.97 Å². The lowest BCUT2D eigenvalue weighted by molar-refractivity contribution is -0.125. The van der Waals surface area contributed by atoms with Crippen LogP contribution in [0.1, 0.15) is 61.3 Å². The number of esters is 1. The van der Waals surface area contributed by atoms with E-state index in [0.717, 1.165) is 11.6 Å². The SMILES string of the molecule is CC(C)c1ccc([C@@H](NC(=O)COC(=O)c2cc(=O)c3ccccc3o2)C(C)C)cc1. The first kappa shape index (κ1) is 22.3. The standard InChI is InChI=1S/C25H27NO5/c1-15(2)17-9-11-18(12-10-17)24(16(3)4)26-23(28)14-30-25(29)22-13-20(27)19-7-5-6-8-21(19)31-22/h5-13,15-16,24H,14H2,1-4H3,(H,26,28)/t24-/m0/s1. The summed E-state index contributed by atoms with van der Waals surface area (Å²) in [5.41, 5.74) is 2.15. The molecule has 1 heterocycles. The third-order valence-corrected chi connectivity index (χ3v) is 5.12. The summed E-state index contributed by atoms with van der Waals surface area (Å²) in [7, 11) is 0. The lowest BCUT2D eigenvalue weighted by atomic mass is 9.93. The largest absolute Gasteiger partial charge is 0.450 e. The number of hydrogen-bond donors (Lipinski definition) is 1. The maximum absolute atomic E-state index is 12.4. The Morgan fingerprint density at radius 3 is 2.26 bits per heavy atom. The van der Waals surface area contributed by atoms with E-state index in [4.69, 9.17) is 9.15 Å². The molecule has 2 aromatic carbocycles. The Morgan fingerprint density at radius 2 is 1.61 bits per heavy atom. The molecule has 0 saturated carbocycles. The molecule has 0 aliphatic carbocycles. The van der Waals surface area contributed by atoms with Gasteiger partial charge in [0.15, 0.2) is 12.0 Å². The van der Waals surface area contributed by atoms with Gasteiger partial charge < -0.3 is 14.5 Å². The molecular weight excluding hydrogens is 394 g/mol. The van der Waals surface area contributed by atoms with Crippen molar-refractivity contribution in [3.05, 3.63) is 81.7 Å². The van der Waals surface area contributed by atoms with Crippen LogP contribution in [0.2, 0.25) is 0 Å². The number of para-hydroxylation sites is 1. The van der Waals surface area contributed by atoms with E-state index < -0.39 is 18.5 Å². The van der Waals surface area contributed by atoms with Crippen molar-refractivity contribution >= 4 is 22.8 Å². The number of carbonyl (C=O) groups is 2. The number of carbonyl (C=O) groups excluding carboxylic acids is 2. The molecule has 1 aromatic heterocycles. The molecule has 0 fully saturated rings. The Morgan fingerprint density at radius 1 is 0.968 bits per heavy atom. The first-order chi connectivity index (χ1) is 14.8. The van der Waals surface area contributed by atoms with Crippen LogP contribution in [0.3, 0.4) is 0 Å². The smallest absolute Gasteiger partial charge is 0.374 e. The molecule has 1 atom stereocenters. The zero-order valence-corrected chi connectivity index (χ0v) is 18.2. The van der Waals surface area contributed by atoms with Gasteiger partial charge in [0.2, 0.25) is 5.76 Å². The number of nitrogens with one attached hydrogen (secondary N) is 1. The summed E-state index contributed by atoms with van der Waals surface area (Å²) < 4.78 is 10.5. The summed E-state index contributed by atoms with van der Waals surface area (Å²) >= 11 is 0. The molecule has 0 spiro atoms. The van der Waals surface area contributed by atoms with Crippen LogP contribution in [0.4, 0.5) is 0 Å². The minimum absolute atomic E-state index is 0.142. The van der Waals surface area contributed by atoms with Crippen LogP contribution < -0.4 is 10.7 Å². The highest BCUT2D eigenvalue weighted by molar-refractivity contribution is 5.90. The van der Waals surface area contributed by atoms with Gasteiger partial charge in [-0.05, 0) is 35.1 Å². The Kier molecular flexibility index (Phi) is 6.90. The van der Waals surface area contributed by atoms with Crippen molar-refractivity contribution in [1.82, 2.24) is 5.32 Å². The molecule has 0 bridgehead atoms. The fourth-order valence-corrected chi connectivity index (χ4v) is 3.35. The highest BCUT2D eigenvalue weighted by Gasteiger charge is 2.20. The summed E-state index contributed by atoms with van der Waals surface area (Å²) in [6.45, 7) is 7.81. The number of ether oxygens (including phenoxy) is 1. The van der Waals surface area contributed by atoms with Gasteiger partial charge in [-0.15, -0.1) is 0 Å². The second-order valence-electron chi connectivity index (χ2n) is 8.16. The minimum atomic E-state index is -0.861. The second kappa shape index (κ2) is 9.60. The van der Waals surface area contributed by atoms with Crippen LogP contribution in [0.5, 0.6) is 0 Å². The van der Waals surface area contributed by atoms with Crippen LogP contribution >= 0.6 is 0 Å². The third-order valence-electron chi connectivity index (χ3n) is 5.12. The molecule has 1 N–H and O–H groups in total. The van der Waals surface area contributed by atoms with Gasteiger partial charge in [0.1, 0.15) is 5.58 Å². The van der Waals surface area contributed by atoms with Gasteiger partial charge in [0.25, 0.3) is 5.91 Å². The van der Waals surface area contributed by atoms with Crippen molar-refractivity contribution < 1.29 is 18.7 Å². The van der Waals surface area contributed by atoms with E-state index in [9.17, 15) is 14.4 Å². The summed E-state index contributed by atoms with van der Waals surface area (Å²) in [6, 6.07) is 15.6. The normalized spacial score (nSPS) is 12.2. The van der Waals surface area contributed by atoms with Crippen molar-refractivity contribution in [2.75, 3.05) is 6.61 Å². The number of rotatable bonds is 7. The Labute approximate surface area is 181 Å². The molecule has 1 amide bonds. The van der Waals surface area contributed by atoms with Gasteiger partial charge in [-0.25, -0.2) is 4.79 Å². The van der Waals surface area contributed by atoms with Crippen molar-refractivity contribution in [2.45, 2.75) is 39.7 Å². The van der Waals surface area contributed by atoms with E-state index >= 15 is 0 Å². The van der Waals surface area contributed by atoms with E-state index in [-0.39, 0.29) is 28.7 Å². The van der Waals surface area contributed by atoms with E-state index in [1.807, 2.05) is 26.0 Å². The zero-order chi connectivity index (χ0) is 22.5. The average molecular weight is 421 g/mol. The number of fused-ring (bicyclic) bond motifs is 1. The maximum Gasteiger partial charge on any atom is 0.374 e. The van der Waals surface area contributed by atoms with Crippen molar-refractivity contribution in [1.29, 1.82) is 0 Å². The monoisotopic (exact) mass is 421 g/mol. The Hall–Kier alpha value is -3.41. The molecule has 0 unspecified atom stereocenters. The lowest BCUT2D eigenvalue weighted by Crippen LogP contribution is -2.35. The Bertz CT molecular complexity index is 1130. The first-order valence-electron chi connectivity index (χ1n) is 10.4. The molecule has 3 rings (SSSR count). The molecule has 31 heavy (non-hydrogen) atoms. The first-order valence-corrected chi connectivity index (χ1v) is 10.4. The molecular formula is C25H27NO5. The molecule has 162 valence electrons. The molecule has 0 aliphatic rings. The van der Waals surface area contributed by atoms with Gasteiger partial charge in [0.05, 0.1) is 11.4 Å². The van der Waals surface area contributed by atoms with Crippen LogP contribution in [-0.4, -0.2) is 18.5 Å². The van der Waals surface area contributed by atoms with Crippen LogP contribution in [0.15, 0.2) is 63.8 Å². The van der Waals surface area contributed by atoms with Gasteiger partial charge in [-0.3, -0.25) is 9.59 Å².